The van der Waals surface area contributed by atoms with Gasteiger partial charge in [0.25, 0.3) is 5.91 Å². The van der Waals surface area contributed by atoms with Crippen molar-refractivity contribution in [2.45, 2.75) is 18.8 Å². The molecule has 1 aromatic heterocycles. The molecule has 154 valence electrons. The smallest absolute Gasteiger partial charge is 0.253 e. The predicted molar refractivity (Wildman–Crippen MR) is 113 cm³/mol. The van der Waals surface area contributed by atoms with E-state index in [1.165, 1.54) is 0 Å². The molecule has 0 unspecified atom stereocenters. The Balaban J connectivity index is 1.20. The van der Waals surface area contributed by atoms with E-state index in [2.05, 4.69) is 27.2 Å². The fourth-order valence-electron chi connectivity index (χ4n) is 3.75. The van der Waals surface area contributed by atoms with Gasteiger partial charge in [-0.15, -0.1) is 0 Å². The van der Waals surface area contributed by atoms with E-state index in [4.69, 9.17) is 9.26 Å². The Morgan fingerprint density at radius 2 is 1.70 bits per heavy atom. The Bertz CT molecular complexity index is 1020. The number of hydrogen-bond donors (Lipinski definition) is 0. The Labute approximate surface area is 175 Å². The largest absolute Gasteiger partial charge is 0.497 e. The van der Waals surface area contributed by atoms with Crippen molar-refractivity contribution in [1.29, 1.82) is 0 Å². The summed E-state index contributed by atoms with van der Waals surface area (Å²) in [7, 11) is 1.62. The molecule has 1 aliphatic heterocycles. The van der Waals surface area contributed by atoms with Crippen LogP contribution in [0.2, 0.25) is 0 Å². The molecule has 0 N–H and O–H groups in total. The Hall–Kier alpha value is -3.35. The van der Waals surface area contributed by atoms with E-state index in [-0.39, 0.29) is 5.91 Å². The molecule has 2 fully saturated rings. The minimum Gasteiger partial charge on any atom is -0.497 e. The summed E-state index contributed by atoms with van der Waals surface area (Å²) in [6.07, 6.45) is 2.29. The van der Waals surface area contributed by atoms with Crippen LogP contribution in [0.5, 0.6) is 5.75 Å². The van der Waals surface area contributed by atoms with Crippen LogP contribution in [0.15, 0.2) is 53.1 Å². The molecule has 1 amide bonds. The molecule has 5 rings (SSSR count). The molecule has 7 heteroatoms. The summed E-state index contributed by atoms with van der Waals surface area (Å²) in [5.41, 5.74) is 2.79. The summed E-state index contributed by atoms with van der Waals surface area (Å²) < 4.78 is 10.5. The van der Waals surface area contributed by atoms with Crippen molar-refractivity contribution >= 4 is 11.6 Å². The first-order valence-corrected chi connectivity index (χ1v) is 10.3. The molecular weight excluding hydrogens is 380 g/mol. The molecule has 1 saturated heterocycles. The van der Waals surface area contributed by atoms with Gasteiger partial charge in [-0.05, 0) is 61.4 Å². The molecule has 2 aromatic carbocycles. The molecular formula is C23H24N4O3. The molecule has 0 atom stereocenters. The van der Waals surface area contributed by atoms with Crippen molar-refractivity contribution in [3.8, 4) is 17.1 Å². The number of anilines is 1. The second-order valence-electron chi connectivity index (χ2n) is 7.79. The van der Waals surface area contributed by atoms with Gasteiger partial charge < -0.3 is 19.1 Å². The van der Waals surface area contributed by atoms with E-state index in [1.54, 1.807) is 7.11 Å². The minimum absolute atomic E-state index is 0.0659. The number of hydrogen-bond acceptors (Lipinski definition) is 6. The number of carbonyl (C=O) groups is 1. The third kappa shape index (κ3) is 3.75. The van der Waals surface area contributed by atoms with E-state index in [9.17, 15) is 4.79 Å². The summed E-state index contributed by atoms with van der Waals surface area (Å²) in [6, 6.07) is 15.5. The number of piperazine rings is 1. The van der Waals surface area contributed by atoms with Crippen molar-refractivity contribution in [2.75, 3.05) is 38.2 Å². The molecule has 1 aliphatic carbocycles. The summed E-state index contributed by atoms with van der Waals surface area (Å²) in [6.45, 7) is 3.00. The van der Waals surface area contributed by atoms with Gasteiger partial charge >= 0.3 is 0 Å². The van der Waals surface area contributed by atoms with Crippen LogP contribution in [0.25, 0.3) is 11.4 Å². The number of nitrogens with zero attached hydrogens (tertiary/aromatic N) is 4. The first kappa shape index (κ1) is 18.7. The van der Waals surface area contributed by atoms with Gasteiger partial charge in [-0.2, -0.15) is 4.98 Å². The van der Waals surface area contributed by atoms with E-state index in [1.807, 2.05) is 41.3 Å². The highest BCUT2D eigenvalue weighted by Crippen LogP contribution is 2.39. The maximum Gasteiger partial charge on any atom is 0.253 e. The van der Waals surface area contributed by atoms with Crippen molar-refractivity contribution in [1.82, 2.24) is 15.0 Å². The molecule has 30 heavy (non-hydrogen) atoms. The second kappa shape index (κ2) is 7.82. The van der Waals surface area contributed by atoms with Gasteiger partial charge in [-0.25, -0.2) is 0 Å². The van der Waals surface area contributed by atoms with Crippen molar-refractivity contribution in [3.63, 3.8) is 0 Å². The molecule has 0 bridgehead atoms. The molecule has 1 saturated carbocycles. The van der Waals surface area contributed by atoms with Crippen LogP contribution >= 0.6 is 0 Å². The standard InChI is InChI=1S/C23H24N4O3/c1-29-20-10-6-18(7-11-20)23(28)27-14-12-26(13-15-27)19-8-4-16(5-9-19)21-24-22(30-25-21)17-2-3-17/h4-11,17H,2-3,12-15H2,1H3. The van der Waals surface area contributed by atoms with Crippen LogP contribution in [0.1, 0.15) is 35.0 Å². The average Bonchev–Trinajstić information content (AvgIpc) is 3.55. The van der Waals surface area contributed by atoms with E-state index >= 15 is 0 Å². The summed E-state index contributed by atoms with van der Waals surface area (Å²) in [5.74, 6) is 2.69. The third-order valence-corrected chi connectivity index (χ3v) is 5.76. The molecule has 2 aliphatic rings. The van der Waals surface area contributed by atoms with Gasteiger partial charge in [0.2, 0.25) is 11.7 Å². The lowest BCUT2D eigenvalue weighted by molar-refractivity contribution is 0.0747. The molecule has 0 radical (unpaired) electrons. The minimum atomic E-state index is 0.0659. The Kier molecular flexibility index (Phi) is 4.86. The molecule has 0 spiro atoms. The Morgan fingerprint density at radius 1 is 1.00 bits per heavy atom. The van der Waals surface area contributed by atoms with Crippen LogP contribution in [0.4, 0.5) is 5.69 Å². The number of rotatable bonds is 5. The number of aromatic nitrogens is 2. The zero-order valence-corrected chi connectivity index (χ0v) is 17.0. The highest BCUT2D eigenvalue weighted by atomic mass is 16.5. The lowest BCUT2D eigenvalue weighted by Gasteiger charge is -2.36. The zero-order valence-electron chi connectivity index (χ0n) is 17.0. The maximum absolute atomic E-state index is 12.7. The number of ether oxygens (including phenoxy) is 1. The SMILES string of the molecule is COc1ccc(C(=O)N2CCN(c3ccc(-c4noc(C5CC5)n4)cc3)CC2)cc1. The third-order valence-electron chi connectivity index (χ3n) is 5.76. The molecule has 3 aromatic rings. The number of methoxy groups -OCH3 is 1. The van der Waals surface area contributed by atoms with Crippen LogP contribution in [-0.2, 0) is 0 Å². The summed E-state index contributed by atoms with van der Waals surface area (Å²) in [4.78, 5) is 21.5. The van der Waals surface area contributed by atoms with Gasteiger partial charge in [-0.1, -0.05) is 5.16 Å². The zero-order chi connectivity index (χ0) is 20.5. The fourth-order valence-corrected chi connectivity index (χ4v) is 3.75. The normalized spacial score (nSPS) is 16.6. The first-order valence-electron chi connectivity index (χ1n) is 10.3. The quantitative estimate of drug-likeness (QED) is 0.647. The van der Waals surface area contributed by atoms with E-state index in [0.29, 0.717) is 30.4 Å². The van der Waals surface area contributed by atoms with Crippen LogP contribution in [-0.4, -0.2) is 54.2 Å². The van der Waals surface area contributed by atoms with Gasteiger partial charge in [0.1, 0.15) is 5.75 Å². The molecule has 2 heterocycles. The van der Waals surface area contributed by atoms with Crippen LogP contribution < -0.4 is 9.64 Å². The number of benzene rings is 2. The first-order chi connectivity index (χ1) is 14.7. The maximum atomic E-state index is 12.7. The number of carbonyl (C=O) groups excluding carboxylic acids is 1. The second-order valence-corrected chi connectivity index (χ2v) is 7.79. The monoisotopic (exact) mass is 404 g/mol. The van der Waals surface area contributed by atoms with Gasteiger partial charge in [0.05, 0.1) is 7.11 Å². The van der Waals surface area contributed by atoms with Gasteiger partial charge in [0, 0.05) is 48.9 Å². The van der Waals surface area contributed by atoms with Crippen molar-refractivity contribution in [2.24, 2.45) is 0 Å². The van der Waals surface area contributed by atoms with Gasteiger partial charge in [0.15, 0.2) is 0 Å². The molecule has 7 nitrogen and oxygen atoms in total. The van der Waals surface area contributed by atoms with Crippen molar-refractivity contribution < 1.29 is 14.1 Å². The summed E-state index contributed by atoms with van der Waals surface area (Å²) >= 11 is 0. The lowest BCUT2D eigenvalue weighted by Crippen LogP contribution is -2.48. The Morgan fingerprint density at radius 3 is 2.33 bits per heavy atom. The fraction of sp³-hybridized carbons (Fsp3) is 0.348. The lowest BCUT2D eigenvalue weighted by atomic mass is 10.1. The number of amides is 1. The highest BCUT2D eigenvalue weighted by Gasteiger charge is 2.29. The van der Waals surface area contributed by atoms with Crippen molar-refractivity contribution in [3.05, 3.63) is 60.0 Å². The van der Waals surface area contributed by atoms with Crippen LogP contribution in [0.3, 0.4) is 0 Å². The summed E-state index contributed by atoms with van der Waals surface area (Å²) in [5, 5.41) is 4.11. The topological polar surface area (TPSA) is 71.7 Å². The average molecular weight is 404 g/mol. The van der Waals surface area contributed by atoms with E-state index < -0.39 is 0 Å². The van der Waals surface area contributed by atoms with Gasteiger partial charge in [-0.3, -0.25) is 4.79 Å². The highest BCUT2D eigenvalue weighted by molar-refractivity contribution is 5.94. The van der Waals surface area contributed by atoms with E-state index in [0.717, 1.165) is 48.8 Å². The van der Waals surface area contributed by atoms with Crippen LogP contribution in [0, 0.1) is 0 Å². The predicted octanol–water partition coefficient (Wildman–Crippen LogP) is 3.59.